The van der Waals surface area contributed by atoms with Crippen LogP contribution in [0.25, 0.3) is 0 Å². The van der Waals surface area contributed by atoms with Crippen LogP contribution in [0.2, 0.25) is 0 Å². The standard InChI is InChI=1S/C15H12O5S/c1-2-9-20-15(16)14-12(8-10-19-14)11-21(17,18)13-6-4-3-5-7-13/h1,3-8,10H,9,11H2. The van der Waals surface area contributed by atoms with Gasteiger partial charge >= 0.3 is 5.97 Å². The van der Waals surface area contributed by atoms with Crippen LogP contribution in [-0.2, 0) is 20.3 Å². The van der Waals surface area contributed by atoms with Crippen LogP contribution in [0.3, 0.4) is 0 Å². The minimum Gasteiger partial charge on any atom is -0.457 e. The Labute approximate surface area is 122 Å². The largest absolute Gasteiger partial charge is 0.457 e. The molecule has 1 aromatic heterocycles. The molecule has 0 unspecified atom stereocenters. The summed E-state index contributed by atoms with van der Waals surface area (Å²) in [7, 11) is -3.57. The summed E-state index contributed by atoms with van der Waals surface area (Å²) in [5.41, 5.74) is 0.237. The van der Waals surface area contributed by atoms with E-state index in [1.165, 1.54) is 24.5 Å². The maximum atomic E-state index is 12.3. The number of carbonyl (C=O) groups is 1. The molecule has 0 atom stereocenters. The molecule has 0 N–H and O–H groups in total. The summed E-state index contributed by atoms with van der Waals surface area (Å²) in [4.78, 5) is 11.9. The Morgan fingerprint density at radius 2 is 1.95 bits per heavy atom. The molecule has 0 saturated carbocycles. The minimum absolute atomic E-state index is 0.148. The van der Waals surface area contributed by atoms with Crippen LogP contribution in [0.4, 0.5) is 0 Å². The Morgan fingerprint density at radius 3 is 2.62 bits per heavy atom. The summed E-state index contributed by atoms with van der Waals surface area (Å²) in [5.74, 6) is 0.868. The quantitative estimate of drug-likeness (QED) is 0.624. The summed E-state index contributed by atoms with van der Waals surface area (Å²) in [6.45, 7) is -0.204. The predicted molar refractivity (Wildman–Crippen MR) is 75.2 cm³/mol. The van der Waals surface area contributed by atoms with Gasteiger partial charge in [0.15, 0.2) is 16.4 Å². The van der Waals surface area contributed by atoms with E-state index in [0.717, 1.165) is 0 Å². The van der Waals surface area contributed by atoms with Crippen molar-refractivity contribution in [3.05, 3.63) is 54.0 Å². The Balaban J connectivity index is 2.24. The van der Waals surface area contributed by atoms with Crippen molar-refractivity contribution in [2.24, 2.45) is 0 Å². The molecule has 5 nitrogen and oxygen atoms in total. The fourth-order valence-electron chi connectivity index (χ4n) is 1.72. The Morgan fingerprint density at radius 1 is 1.24 bits per heavy atom. The molecule has 1 heterocycles. The summed E-state index contributed by atoms with van der Waals surface area (Å²) in [6.07, 6.45) is 6.23. The lowest BCUT2D eigenvalue weighted by Crippen LogP contribution is -2.10. The van der Waals surface area contributed by atoms with E-state index >= 15 is 0 Å². The second-order valence-corrected chi connectivity index (χ2v) is 6.12. The van der Waals surface area contributed by atoms with Gasteiger partial charge in [-0.25, -0.2) is 13.2 Å². The number of rotatable bonds is 5. The number of furan rings is 1. The highest BCUT2D eigenvalue weighted by Gasteiger charge is 2.23. The first-order chi connectivity index (χ1) is 10.0. The predicted octanol–water partition coefficient (Wildman–Crippen LogP) is 2.04. The van der Waals surface area contributed by atoms with E-state index in [2.05, 4.69) is 5.92 Å². The van der Waals surface area contributed by atoms with Gasteiger partial charge < -0.3 is 9.15 Å². The topological polar surface area (TPSA) is 73.6 Å². The van der Waals surface area contributed by atoms with E-state index in [9.17, 15) is 13.2 Å². The third-order valence-corrected chi connectivity index (χ3v) is 4.35. The zero-order valence-electron chi connectivity index (χ0n) is 11.0. The first-order valence-electron chi connectivity index (χ1n) is 5.99. The van der Waals surface area contributed by atoms with Crippen LogP contribution in [-0.4, -0.2) is 21.0 Å². The van der Waals surface area contributed by atoms with Gasteiger partial charge in [-0.1, -0.05) is 24.1 Å². The summed E-state index contributed by atoms with van der Waals surface area (Å²) in [5, 5.41) is 0. The van der Waals surface area contributed by atoms with Gasteiger partial charge in [0, 0.05) is 5.56 Å². The minimum atomic E-state index is -3.57. The van der Waals surface area contributed by atoms with Crippen molar-refractivity contribution in [2.75, 3.05) is 6.61 Å². The normalized spacial score (nSPS) is 10.8. The highest BCUT2D eigenvalue weighted by atomic mass is 32.2. The van der Waals surface area contributed by atoms with Crippen LogP contribution >= 0.6 is 0 Å². The SMILES string of the molecule is C#CCOC(=O)c1occc1CS(=O)(=O)c1ccccc1. The molecule has 0 aliphatic heterocycles. The van der Waals surface area contributed by atoms with Crippen molar-refractivity contribution >= 4 is 15.8 Å². The highest BCUT2D eigenvalue weighted by Crippen LogP contribution is 2.20. The number of carbonyl (C=O) groups excluding carboxylic acids is 1. The zero-order valence-corrected chi connectivity index (χ0v) is 11.8. The molecule has 6 heteroatoms. The molecule has 0 spiro atoms. The van der Waals surface area contributed by atoms with Gasteiger partial charge in [0.25, 0.3) is 0 Å². The second-order valence-electron chi connectivity index (χ2n) is 4.13. The van der Waals surface area contributed by atoms with Crippen molar-refractivity contribution in [1.29, 1.82) is 0 Å². The van der Waals surface area contributed by atoms with Gasteiger partial charge in [0.05, 0.1) is 16.9 Å². The smallest absolute Gasteiger partial charge is 0.375 e. The fraction of sp³-hybridized carbons (Fsp3) is 0.133. The Hall–Kier alpha value is -2.52. The van der Waals surface area contributed by atoms with Crippen molar-refractivity contribution in [1.82, 2.24) is 0 Å². The summed E-state index contributed by atoms with van der Waals surface area (Å²) < 4.78 is 34.3. The van der Waals surface area contributed by atoms with E-state index in [0.29, 0.717) is 0 Å². The van der Waals surface area contributed by atoms with Gasteiger partial charge in [-0.05, 0) is 18.2 Å². The number of sulfone groups is 1. The molecule has 0 radical (unpaired) electrons. The molecule has 0 bridgehead atoms. The number of benzene rings is 1. The summed E-state index contributed by atoms with van der Waals surface area (Å²) in [6, 6.07) is 9.39. The molecule has 0 aliphatic carbocycles. The Bertz CT molecular complexity index is 766. The fourth-order valence-corrected chi connectivity index (χ4v) is 3.09. The van der Waals surface area contributed by atoms with Crippen molar-refractivity contribution in [2.45, 2.75) is 10.6 Å². The highest BCUT2D eigenvalue weighted by molar-refractivity contribution is 7.90. The van der Waals surface area contributed by atoms with E-state index in [1.807, 2.05) is 0 Å². The van der Waals surface area contributed by atoms with Gasteiger partial charge in [-0.2, -0.15) is 0 Å². The maximum Gasteiger partial charge on any atom is 0.375 e. The molecule has 2 rings (SSSR count). The number of hydrogen-bond acceptors (Lipinski definition) is 5. The van der Waals surface area contributed by atoms with Crippen molar-refractivity contribution in [3.8, 4) is 12.3 Å². The van der Waals surface area contributed by atoms with Gasteiger partial charge in [-0.3, -0.25) is 0 Å². The molecule has 0 aliphatic rings. The molecular formula is C15H12O5S. The van der Waals surface area contributed by atoms with Crippen LogP contribution in [0.1, 0.15) is 16.1 Å². The molecule has 0 saturated heterocycles. The average Bonchev–Trinajstić information content (AvgIpc) is 2.93. The average molecular weight is 304 g/mol. The lowest BCUT2D eigenvalue weighted by molar-refractivity contribution is 0.0519. The van der Waals surface area contributed by atoms with E-state index in [1.54, 1.807) is 18.2 Å². The van der Waals surface area contributed by atoms with E-state index in [4.69, 9.17) is 15.6 Å². The third-order valence-electron chi connectivity index (χ3n) is 2.67. The lowest BCUT2D eigenvalue weighted by Gasteiger charge is -2.04. The van der Waals surface area contributed by atoms with Crippen molar-refractivity contribution in [3.63, 3.8) is 0 Å². The van der Waals surface area contributed by atoms with Crippen LogP contribution in [0.15, 0.2) is 52.0 Å². The lowest BCUT2D eigenvalue weighted by atomic mass is 10.3. The molecule has 21 heavy (non-hydrogen) atoms. The van der Waals surface area contributed by atoms with Crippen LogP contribution in [0, 0.1) is 12.3 Å². The molecule has 108 valence electrons. The van der Waals surface area contributed by atoms with E-state index in [-0.39, 0.29) is 28.6 Å². The number of hydrogen-bond donors (Lipinski definition) is 0. The van der Waals surface area contributed by atoms with Gasteiger partial charge in [0.1, 0.15) is 0 Å². The monoisotopic (exact) mass is 304 g/mol. The molecule has 0 amide bonds. The summed E-state index contributed by atoms with van der Waals surface area (Å²) >= 11 is 0. The molecule has 0 fully saturated rings. The molecular weight excluding hydrogens is 292 g/mol. The third kappa shape index (κ3) is 3.52. The van der Waals surface area contributed by atoms with Crippen LogP contribution < -0.4 is 0 Å². The number of terminal acetylenes is 1. The first-order valence-corrected chi connectivity index (χ1v) is 7.64. The molecule has 2 aromatic rings. The number of esters is 1. The van der Waals surface area contributed by atoms with Gasteiger partial charge in [-0.15, -0.1) is 6.42 Å². The first kappa shape index (κ1) is 14.9. The maximum absolute atomic E-state index is 12.3. The van der Waals surface area contributed by atoms with E-state index < -0.39 is 15.8 Å². The van der Waals surface area contributed by atoms with Crippen LogP contribution in [0.5, 0.6) is 0 Å². The van der Waals surface area contributed by atoms with Gasteiger partial charge in [0.2, 0.25) is 5.76 Å². The number of ether oxygens (including phenoxy) is 1. The molecule has 1 aromatic carbocycles. The zero-order chi connectivity index (χ0) is 15.3. The van der Waals surface area contributed by atoms with Crippen molar-refractivity contribution < 1.29 is 22.4 Å². The second kappa shape index (κ2) is 6.29. The Kier molecular flexibility index (Phi) is 4.45.